The van der Waals surface area contributed by atoms with E-state index in [9.17, 15) is 13.6 Å². The average Bonchev–Trinajstić information content (AvgIpc) is 2.99. The zero-order valence-corrected chi connectivity index (χ0v) is 13.7. The van der Waals surface area contributed by atoms with Gasteiger partial charge in [0.1, 0.15) is 24.0 Å². The normalized spacial score (nSPS) is 15.8. The Balaban J connectivity index is 1.56. The third-order valence-corrected chi connectivity index (χ3v) is 4.03. The lowest BCUT2D eigenvalue weighted by Gasteiger charge is -2.07. The number of ether oxygens (including phenoxy) is 1. The van der Waals surface area contributed by atoms with Crippen molar-refractivity contribution in [3.63, 3.8) is 0 Å². The molecule has 25 heavy (non-hydrogen) atoms. The minimum Gasteiger partial charge on any atom is -0.489 e. The van der Waals surface area contributed by atoms with Crippen LogP contribution < -0.4 is 10.1 Å². The van der Waals surface area contributed by atoms with Crippen molar-refractivity contribution in [2.75, 3.05) is 5.75 Å². The fourth-order valence-corrected chi connectivity index (χ4v) is 2.64. The Morgan fingerprint density at radius 1 is 1.16 bits per heavy atom. The first kappa shape index (κ1) is 17.1. The maximum absolute atomic E-state index is 13.1. The summed E-state index contributed by atoms with van der Waals surface area (Å²) in [6.45, 7) is 0.186. The van der Waals surface area contributed by atoms with Crippen LogP contribution in [-0.4, -0.2) is 23.0 Å². The van der Waals surface area contributed by atoms with Crippen molar-refractivity contribution in [2.24, 2.45) is 10.2 Å². The molecule has 1 saturated heterocycles. The van der Waals surface area contributed by atoms with Gasteiger partial charge < -0.3 is 10.1 Å². The zero-order chi connectivity index (χ0) is 17.6. The Hall–Kier alpha value is -2.74. The molecule has 1 N–H and O–H groups in total. The van der Waals surface area contributed by atoms with Crippen molar-refractivity contribution in [1.29, 1.82) is 0 Å². The predicted molar refractivity (Wildman–Crippen MR) is 92.8 cm³/mol. The summed E-state index contributed by atoms with van der Waals surface area (Å²) in [7, 11) is 0. The van der Waals surface area contributed by atoms with Gasteiger partial charge in [0.15, 0.2) is 5.17 Å². The van der Waals surface area contributed by atoms with Crippen LogP contribution in [0.4, 0.5) is 8.78 Å². The fraction of sp³-hybridized carbons (Fsp3) is 0.118. The van der Waals surface area contributed by atoms with E-state index in [4.69, 9.17) is 4.74 Å². The second-order valence-corrected chi connectivity index (χ2v) is 6.09. The lowest BCUT2D eigenvalue weighted by atomic mass is 10.1. The second-order valence-electron chi connectivity index (χ2n) is 5.12. The smallest absolute Gasteiger partial charge is 0.236 e. The molecule has 0 atom stereocenters. The SMILES string of the molecule is O=C1CSC(=NN=Cc2ccc(COc3cc(F)cc(F)c3)cc2)N1. The molecule has 0 aliphatic carbocycles. The van der Waals surface area contributed by atoms with Crippen molar-refractivity contribution < 1.29 is 18.3 Å². The maximum Gasteiger partial charge on any atom is 0.236 e. The number of nitrogens with one attached hydrogen (secondary N) is 1. The number of carbonyl (C=O) groups is 1. The first-order valence-electron chi connectivity index (χ1n) is 7.30. The Bertz CT molecular complexity index is 818. The van der Waals surface area contributed by atoms with E-state index in [1.165, 1.54) is 11.8 Å². The summed E-state index contributed by atoms with van der Waals surface area (Å²) in [6, 6.07) is 10.3. The summed E-state index contributed by atoms with van der Waals surface area (Å²) in [5.74, 6) is -0.950. The van der Waals surface area contributed by atoms with Gasteiger partial charge >= 0.3 is 0 Å². The van der Waals surface area contributed by atoms with Gasteiger partial charge in [-0.15, -0.1) is 5.10 Å². The number of amidine groups is 1. The number of thioether (sulfide) groups is 1. The molecule has 1 aliphatic rings. The number of rotatable bonds is 5. The molecule has 2 aromatic carbocycles. The molecular weight excluding hydrogens is 348 g/mol. The van der Waals surface area contributed by atoms with Gasteiger partial charge in [0.05, 0.1) is 12.0 Å². The van der Waals surface area contributed by atoms with Crippen molar-refractivity contribution in [3.05, 3.63) is 65.2 Å². The van der Waals surface area contributed by atoms with Gasteiger partial charge in [-0.2, -0.15) is 5.10 Å². The molecule has 5 nitrogen and oxygen atoms in total. The third kappa shape index (κ3) is 5.12. The highest BCUT2D eigenvalue weighted by Crippen LogP contribution is 2.17. The molecule has 1 fully saturated rings. The Labute approximate surface area is 146 Å². The van der Waals surface area contributed by atoms with Gasteiger partial charge in [0.2, 0.25) is 5.91 Å². The molecule has 1 amide bonds. The van der Waals surface area contributed by atoms with E-state index >= 15 is 0 Å². The molecule has 0 saturated carbocycles. The molecule has 0 radical (unpaired) electrons. The lowest BCUT2D eigenvalue weighted by molar-refractivity contribution is -0.116. The van der Waals surface area contributed by atoms with E-state index in [0.717, 1.165) is 29.3 Å². The fourth-order valence-electron chi connectivity index (χ4n) is 2.01. The molecule has 2 aromatic rings. The summed E-state index contributed by atoms with van der Waals surface area (Å²) < 4.78 is 31.6. The van der Waals surface area contributed by atoms with Gasteiger partial charge in [-0.05, 0) is 11.1 Å². The highest BCUT2D eigenvalue weighted by molar-refractivity contribution is 8.15. The van der Waals surface area contributed by atoms with Crippen LogP contribution in [0.15, 0.2) is 52.7 Å². The van der Waals surface area contributed by atoms with E-state index in [1.54, 1.807) is 6.21 Å². The van der Waals surface area contributed by atoms with Crippen LogP contribution in [-0.2, 0) is 11.4 Å². The van der Waals surface area contributed by atoms with Crippen LogP contribution >= 0.6 is 11.8 Å². The van der Waals surface area contributed by atoms with E-state index in [-0.39, 0.29) is 18.3 Å². The number of nitrogens with zero attached hydrogens (tertiary/aromatic N) is 2. The van der Waals surface area contributed by atoms with Gasteiger partial charge in [-0.1, -0.05) is 36.0 Å². The number of carbonyl (C=O) groups excluding carboxylic acids is 1. The maximum atomic E-state index is 13.1. The first-order valence-corrected chi connectivity index (χ1v) is 8.28. The third-order valence-electron chi connectivity index (χ3n) is 3.16. The predicted octanol–water partition coefficient (Wildman–Crippen LogP) is 3.10. The Morgan fingerprint density at radius 2 is 1.88 bits per heavy atom. The van der Waals surface area contributed by atoms with Crippen LogP contribution in [0.2, 0.25) is 0 Å². The molecule has 8 heteroatoms. The van der Waals surface area contributed by atoms with Crippen LogP contribution in [0.1, 0.15) is 11.1 Å². The Kier molecular flexibility index (Phi) is 5.39. The summed E-state index contributed by atoms with van der Waals surface area (Å²) >= 11 is 1.30. The molecule has 0 bridgehead atoms. The van der Waals surface area contributed by atoms with Gasteiger partial charge in [-0.25, -0.2) is 8.78 Å². The zero-order valence-electron chi connectivity index (χ0n) is 12.9. The second kappa shape index (κ2) is 7.89. The van der Waals surface area contributed by atoms with Crippen molar-refractivity contribution in [2.45, 2.75) is 6.61 Å². The van der Waals surface area contributed by atoms with E-state index < -0.39 is 11.6 Å². The minimum atomic E-state index is -0.681. The quantitative estimate of drug-likeness (QED) is 0.658. The molecule has 3 rings (SSSR count). The number of hydrogen-bond donors (Lipinski definition) is 1. The highest BCUT2D eigenvalue weighted by atomic mass is 32.2. The average molecular weight is 361 g/mol. The lowest BCUT2D eigenvalue weighted by Crippen LogP contribution is -2.19. The molecular formula is C17H13F2N3O2S. The van der Waals surface area contributed by atoms with Gasteiger partial charge in [-0.3, -0.25) is 4.79 Å². The minimum absolute atomic E-state index is 0.0820. The summed E-state index contributed by atoms with van der Waals surface area (Å²) in [6.07, 6.45) is 1.56. The number of halogens is 2. The van der Waals surface area contributed by atoms with Crippen LogP contribution in [0.3, 0.4) is 0 Å². The summed E-state index contributed by atoms with van der Waals surface area (Å²) in [5, 5.41) is 10.9. The molecule has 1 aliphatic heterocycles. The van der Waals surface area contributed by atoms with Gasteiger partial charge in [0, 0.05) is 18.2 Å². The first-order chi connectivity index (χ1) is 12.1. The topological polar surface area (TPSA) is 63.0 Å². The summed E-state index contributed by atoms with van der Waals surface area (Å²) in [4.78, 5) is 11.0. The van der Waals surface area contributed by atoms with Crippen molar-refractivity contribution in [1.82, 2.24) is 5.32 Å². The van der Waals surface area contributed by atoms with Crippen LogP contribution in [0, 0.1) is 11.6 Å². The van der Waals surface area contributed by atoms with Crippen LogP contribution in [0.25, 0.3) is 0 Å². The molecule has 0 aromatic heterocycles. The van der Waals surface area contributed by atoms with E-state index in [0.29, 0.717) is 10.9 Å². The number of hydrogen-bond acceptors (Lipinski definition) is 5. The molecule has 128 valence electrons. The van der Waals surface area contributed by atoms with E-state index in [2.05, 4.69) is 15.5 Å². The standard InChI is InChI=1S/C17H13F2N3O2S/c18-13-5-14(19)7-15(6-13)24-9-12-3-1-11(2-4-12)8-20-22-17-21-16(23)10-25-17/h1-8H,9-10H2,(H,21,22,23). The van der Waals surface area contributed by atoms with Crippen molar-refractivity contribution >= 4 is 29.1 Å². The molecule has 0 unspecified atom stereocenters. The largest absolute Gasteiger partial charge is 0.489 e. The van der Waals surface area contributed by atoms with Gasteiger partial charge in [0.25, 0.3) is 0 Å². The Morgan fingerprint density at radius 3 is 2.52 bits per heavy atom. The highest BCUT2D eigenvalue weighted by Gasteiger charge is 2.15. The van der Waals surface area contributed by atoms with Crippen LogP contribution in [0.5, 0.6) is 5.75 Å². The molecule has 0 spiro atoms. The summed E-state index contributed by atoms with van der Waals surface area (Å²) in [5.41, 5.74) is 1.66. The number of benzene rings is 2. The number of amides is 1. The molecule has 1 heterocycles. The van der Waals surface area contributed by atoms with E-state index in [1.807, 2.05) is 24.3 Å². The monoisotopic (exact) mass is 361 g/mol. The van der Waals surface area contributed by atoms with Crippen molar-refractivity contribution in [3.8, 4) is 5.75 Å².